The topological polar surface area (TPSA) is 39.2 Å². The first-order valence-corrected chi connectivity index (χ1v) is 8.16. The SMILES string of the molecule is CCOC(=O)CC(C)CCc1cnc(-c2ccccc2)s1. The molecule has 0 saturated carbocycles. The van der Waals surface area contributed by atoms with Crippen molar-refractivity contribution in [3.63, 3.8) is 0 Å². The van der Waals surface area contributed by atoms with Crippen molar-refractivity contribution in [3.8, 4) is 10.6 Å². The molecular weight excluding hydrogens is 282 g/mol. The first-order chi connectivity index (χ1) is 10.2. The average molecular weight is 303 g/mol. The lowest BCUT2D eigenvalue weighted by molar-refractivity contribution is -0.144. The lowest BCUT2D eigenvalue weighted by Crippen LogP contribution is -2.09. The molecule has 1 unspecified atom stereocenters. The van der Waals surface area contributed by atoms with Crippen LogP contribution in [0.25, 0.3) is 10.6 Å². The number of aryl methyl sites for hydroxylation is 1. The Morgan fingerprint density at radius 2 is 2.10 bits per heavy atom. The van der Waals surface area contributed by atoms with Gasteiger partial charge < -0.3 is 4.74 Å². The van der Waals surface area contributed by atoms with Gasteiger partial charge in [-0.25, -0.2) is 4.98 Å². The Balaban J connectivity index is 1.84. The van der Waals surface area contributed by atoms with Gasteiger partial charge in [0.15, 0.2) is 0 Å². The van der Waals surface area contributed by atoms with E-state index in [1.54, 1.807) is 11.3 Å². The fourth-order valence-electron chi connectivity index (χ4n) is 2.13. The third kappa shape index (κ3) is 4.97. The molecule has 0 spiro atoms. The highest BCUT2D eigenvalue weighted by molar-refractivity contribution is 7.15. The number of hydrogen-bond donors (Lipinski definition) is 0. The van der Waals surface area contributed by atoms with E-state index in [9.17, 15) is 4.79 Å². The first kappa shape index (κ1) is 15.7. The minimum atomic E-state index is -0.0979. The number of hydrogen-bond acceptors (Lipinski definition) is 4. The summed E-state index contributed by atoms with van der Waals surface area (Å²) in [4.78, 5) is 17.2. The van der Waals surface area contributed by atoms with E-state index in [4.69, 9.17) is 4.74 Å². The summed E-state index contributed by atoms with van der Waals surface area (Å²) in [7, 11) is 0. The maximum atomic E-state index is 11.4. The molecule has 0 aliphatic rings. The fraction of sp³-hybridized carbons (Fsp3) is 0.412. The zero-order valence-electron chi connectivity index (χ0n) is 12.5. The monoisotopic (exact) mass is 303 g/mol. The largest absolute Gasteiger partial charge is 0.466 e. The second-order valence-electron chi connectivity index (χ2n) is 5.15. The van der Waals surface area contributed by atoms with Crippen LogP contribution in [-0.2, 0) is 16.0 Å². The standard InChI is InChI=1S/C17H21NO2S/c1-3-20-16(19)11-13(2)9-10-15-12-18-17(21-15)14-7-5-4-6-8-14/h4-8,12-13H,3,9-11H2,1-2H3. The summed E-state index contributed by atoms with van der Waals surface area (Å²) in [5, 5.41) is 1.06. The first-order valence-electron chi connectivity index (χ1n) is 7.34. The average Bonchev–Trinajstić information content (AvgIpc) is 2.95. The van der Waals surface area contributed by atoms with Crippen molar-refractivity contribution in [2.75, 3.05) is 6.61 Å². The molecule has 0 N–H and O–H groups in total. The Kier molecular flexibility index (Phi) is 5.93. The van der Waals surface area contributed by atoms with Crippen LogP contribution in [0.5, 0.6) is 0 Å². The fourth-order valence-corrected chi connectivity index (χ4v) is 3.07. The van der Waals surface area contributed by atoms with Gasteiger partial charge in [0.25, 0.3) is 0 Å². The van der Waals surface area contributed by atoms with Crippen LogP contribution in [0.15, 0.2) is 36.5 Å². The van der Waals surface area contributed by atoms with Crippen LogP contribution < -0.4 is 0 Å². The van der Waals surface area contributed by atoms with Crippen LogP contribution in [0.1, 0.15) is 31.6 Å². The smallest absolute Gasteiger partial charge is 0.306 e. The molecule has 0 saturated heterocycles. The minimum absolute atomic E-state index is 0.0979. The maximum absolute atomic E-state index is 11.4. The Morgan fingerprint density at radius 3 is 2.81 bits per heavy atom. The number of carbonyl (C=O) groups excluding carboxylic acids is 1. The summed E-state index contributed by atoms with van der Waals surface area (Å²) < 4.78 is 4.98. The van der Waals surface area contributed by atoms with Crippen molar-refractivity contribution < 1.29 is 9.53 Å². The molecule has 2 aromatic rings. The number of ether oxygens (including phenoxy) is 1. The number of aromatic nitrogens is 1. The molecule has 1 heterocycles. The quantitative estimate of drug-likeness (QED) is 0.715. The van der Waals surface area contributed by atoms with Crippen molar-refractivity contribution in [1.29, 1.82) is 0 Å². The van der Waals surface area contributed by atoms with E-state index < -0.39 is 0 Å². The van der Waals surface area contributed by atoms with E-state index in [0.29, 0.717) is 18.9 Å². The van der Waals surface area contributed by atoms with Crippen LogP contribution in [-0.4, -0.2) is 17.6 Å². The normalized spacial score (nSPS) is 12.1. The third-order valence-corrected chi connectivity index (χ3v) is 4.38. The molecule has 0 radical (unpaired) electrons. The molecule has 0 aliphatic heterocycles. The maximum Gasteiger partial charge on any atom is 0.306 e. The van der Waals surface area contributed by atoms with E-state index in [-0.39, 0.29) is 5.97 Å². The molecule has 21 heavy (non-hydrogen) atoms. The van der Waals surface area contributed by atoms with Gasteiger partial charge in [-0.3, -0.25) is 4.79 Å². The summed E-state index contributed by atoms with van der Waals surface area (Å²) in [6.07, 6.45) is 4.39. The number of thiazole rings is 1. The van der Waals surface area contributed by atoms with Gasteiger partial charge in [0.2, 0.25) is 0 Å². The molecule has 0 amide bonds. The van der Waals surface area contributed by atoms with E-state index in [1.807, 2.05) is 31.3 Å². The molecule has 0 fully saturated rings. The Hall–Kier alpha value is -1.68. The molecule has 1 aromatic carbocycles. The van der Waals surface area contributed by atoms with Gasteiger partial charge in [0, 0.05) is 23.1 Å². The number of nitrogens with zero attached hydrogens (tertiary/aromatic N) is 1. The van der Waals surface area contributed by atoms with Crippen LogP contribution >= 0.6 is 11.3 Å². The molecular formula is C17H21NO2S. The zero-order valence-corrected chi connectivity index (χ0v) is 13.4. The summed E-state index contributed by atoms with van der Waals surface area (Å²) >= 11 is 1.73. The highest BCUT2D eigenvalue weighted by atomic mass is 32.1. The molecule has 0 bridgehead atoms. The van der Waals surface area contributed by atoms with E-state index >= 15 is 0 Å². The van der Waals surface area contributed by atoms with Crippen LogP contribution in [0, 0.1) is 5.92 Å². The zero-order chi connectivity index (χ0) is 15.1. The molecule has 1 aromatic heterocycles. The number of esters is 1. The second kappa shape index (κ2) is 7.93. The van der Waals surface area contributed by atoms with Crippen molar-refractivity contribution >= 4 is 17.3 Å². The molecule has 3 nitrogen and oxygen atoms in total. The van der Waals surface area contributed by atoms with Crippen molar-refractivity contribution in [3.05, 3.63) is 41.4 Å². The lowest BCUT2D eigenvalue weighted by Gasteiger charge is -2.09. The second-order valence-corrected chi connectivity index (χ2v) is 6.27. The summed E-state index contributed by atoms with van der Waals surface area (Å²) in [6, 6.07) is 10.2. The molecule has 1 atom stereocenters. The third-order valence-electron chi connectivity index (χ3n) is 3.28. The molecule has 4 heteroatoms. The van der Waals surface area contributed by atoms with E-state index in [2.05, 4.69) is 24.0 Å². The van der Waals surface area contributed by atoms with Gasteiger partial charge in [-0.05, 0) is 25.7 Å². The van der Waals surface area contributed by atoms with Crippen LogP contribution in [0.3, 0.4) is 0 Å². The van der Waals surface area contributed by atoms with Crippen molar-refractivity contribution in [1.82, 2.24) is 4.98 Å². The van der Waals surface area contributed by atoms with E-state index in [1.165, 1.54) is 4.88 Å². The predicted molar refractivity (Wildman–Crippen MR) is 86.3 cm³/mol. The molecule has 2 rings (SSSR count). The van der Waals surface area contributed by atoms with Gasteiger partial charge in [-0.2, -0.15) is 0 Å². The van der Waals surface area contributed by atoms with Crippen molar-refractivity contribution in [2.24, 2.45) is 5.92 Å². The highest BCUT2D eigenvalue weighted by Gasteiger charge is 2.11. The Bertz CT molecular complexity index is 565. The summed E-state index contributed by atoms with van der Waals surface area (Å²) in [5.41, 5.74) is 1.16. The van der Waals surface area contributed by atoms with E-state index in [0.717, 1.165) is 23.4 Å². The van der Waals surface area contributed by atoms with Gasteiger partial charge in [0.05, 0.1) is 6.61 Å². The summed E-state index contributed by atoms with van der Waals surface area (Å²) in [6.45, 7) is 4.39. The number of carbonyl (C=O) groups is 1. The lowest BCUT2D eigenvalue weighted by atomic mass is 10.0. The number of rotatable bonds is 7. The van der Waals surface area contributed by atoms with Crippen molar-refractivity contribution in [2.45, 2.75) is 33.1 Å². The summed E-state index contributed by atoms with van der Waals surface area (Å²) in [5.74, 6) is 0.241. The molecule has 0 aliphatic carbocycles. The predicted octanol–water partition coefficient (Wildman–Crippen LogP) is 4.33. The Labute approximate surface area is 130 Å². The van der Waals surface area contributed by atoms with Crippen LogP contribution in [0.4, 0.5) is 0 Å². The van der Waals surface area contributed by atoms with Gasteiger partial charge in [-0.1, -0.05) is 37.3 Å². The van der Waals surface area contributed by atoms with Gasteiger partial charge >= 0.3 is 5.97 Å². The van der Waals surface area contributed by atoms with Crippen LogP contribution in [0.2, 0.25) is 0 Å². The molecule has 112 valence electrons. The van der Waals surface area contributed by atoms with Gasteiger partial charge in [-0.15, -0.1) is 11.3 Å². The Morgan fingerprint density at radius 1 is 1.33 bits per heavy atom. The number of benzene rings is 1. The highest BCUT2D eigenvalue weighted by Crippen LogP contribution is 2.26. The minimum Gasteiger partial charge on any atom is -0.466 e. The van der Waals surface area contributed by atoms with Gasteiger partial charge in [0.1, 0.15) is 5.01 Å².